The summed E-state index contributed by atoms with van der Waals surface area (Å²) in [5.41, 5.74) is 4.26. The van der Waals surface area contributed by atoms with Crippen LogP contribution in [-0.4, -0.2) is 51.3 Å². The Hall–Kier alpha value is -2.20. The number of ether oxygens (including phenoxy) is 2. The van der Waals surface area contributed by atoms with Gasteiger partial charge in [-0.15, -0.1) is 0 Å². The Morgan fingerprint density at radius 2 is 1.74 bits per heavy atom. The van der Waals surface area contributed by atoms with Crippen molar-refractivity contribution in [3.63, 3.8) is 0 Å². The predicted octanol–water partition coefficient (Wildman–Crippen LogP) is 3.78. The van der Waals surface area contributed by atoms with E-state index in [0.29, 0.717) is 0 Å². The Labute approximate surface area is 162 Å². The van der Waals surface area contributed by atoms with Gasteiger partial charge in [0.15, 0.2) is 0 Å². The summed E-state index contributed by atoms with van der Waals surface area (Å²) in [4.78, 5) is 4.99. The molecule has 27 heavy (non-hydrogen) atoms. The van der Waals surface area contributed by atoms with Gasteiger partial charge in [-0.1, -0.05) is 12.1 Å². The van der Waals surface area contributed by atoms with Crippen LogP contribution in [0.2, 0.25) is 0 Å². The quantitative estimate of drug-likeness (QED) is 0.697. The van der Waals surface area contributed by atoms with E-state index in [0.717, 1.165) is 57.3 Å². The summed E-state index contributed by atoms with van der Waals surface area (Å²) in [6, 6.07) is 15.0. The Morgan fingerprint density at radius 3 is 2.59 bits per heavy atom. The standard InChI is InChI=1S/C23H30N2O2/c1-26-22-8-3-7-21(18-22)25-14-12-24(13-15-25)11-4-16-27-23-10-9-19-5-2-6-20(19)17-23/h3,7-10,17-18H,2,4-6,11-16H2,1H3. The lowest BCUT2D eigenvalue weighted by molar-refractivity contribution is 0.224. The number of hydrogen-bond acceptors (Lipinski definition) is 4. The Balaban J connectivity index is 1.17. The molecule has 1 aliphatic heterocycles. The van der Waals surface area contributed by atoms with Crippen LogP contribution in [0.5, 0.6) is 11.5 Å². The first kappa shape index (κ1) is 18.2. The zero-order valence-corrected chi connectivity index (χ0v) is 16.3. The monoisotopic (exact) mass is 366 g/mol. The van der Waals surface area contributed by atoms with E-state index in [1.165, 1.54) is 36.1 Å². The molecule has 0 amide bonds. The van der Waals surface area contributed by atoms with E-state index in [9.17, 15) is 0 Å². The molecule has 1 heterocycles. The maximum atomic E-state index is 5.99. The molecule has 0 atom stereocenters. The summed E-state index contributed by atoms with van der Waals surface area (Å²) in [5.74, 6) is 1.97. The highest BCUT2D eigenvalue weighted by Crippen LogP contribution is 2.26. The van der Waals surface area contributed by atoms with Gasteiger partial charge in [-0.25, -0.2) is 0 Å². The lowest BCUT2D eigenvalue weighted by atomic mass is 10.1. The van der Waals surface area contributed by atoms with Crippen LogP contribution in [0.4, 0.5) is 5.69 Å². The van der Waals surface area contributed by atoms with E-state index in [1.807, 2.05) is 6.07 Å². The van der Waals surface area contributed by atoms with Crippen LogP contribution in [-0.2, 0) is 12.8 Å². The van der Waals surface area contributed by atoms with Crippen molar-refractivity contribution in [2.75, 3.05) is 51.3 Å². The van der Waals surface area contributed by atoms with Crippen LogP contribution in [0.15, 0.2) is 42.5 Å². The van der Waals surface area contributed by atoms with Gasteiger partial charge in [0.05, 0.1) is 13.7 Å². The van der Waals surface area contributed by atoms with Crippen LogP contribution in [0.1, 0.15) is 24.0 Å². The minimum atomic E-state index is 0.800. The van der Waals surface area contributed by atoms with Crippen molar-refractivity contribution in [3.05, 3.63) is 53.6 Å². The molecule has 0 unspecified atom stereocenters. The summed E-state index contributed by atoms with van der Waals surface area (Å²) >= 11 is 0. The molecule has 1 aliphatic carbocycles. The molecule has 1 fully saturated rings. The van der Waals surface area contributed by atoms with Crippen LogP contribution < -0.4 is 14.4 Å². The molecule has 4 nitrogen and oxygen atoms in total. The second-order valence-electron chi connectivity index (χ2n) is 7.52. The summed E-state index contributed by atoms with van der Waals surface area (Å²) < 4.78 is 11.3. The van der Waals surface area contributed by atoms with Gasteiger partial charge in [-0.3, -0.25) is 4.90 Å². The fourth-order valence-corrected chi connectivity index (χ4v) is 4.15. The zero-order chi connectivity index (χ0) is 18.5. The Bertz CT molecular complexity index is 754. The molecule has 0 saturated carbocycles. The van der Waals surface area contributed by atoms with Gasteiger partial charge in [-0.2, -0.15) is 0 Å². The molecule has 1 saturated heterocycles. The molecule has 0 spiro atoms. The topological polar surface area (TPSA) is 24.9 Å². The van der Waals surface area contributed by atoms with E-state index < -0.39 is 0 Å². The molecule has 0 radical (unpaired) electrons. The highest BCUT2D eigenvalue weighted by Gasteiger charge is 2.17. The maximum Gasteiger partial charge on any atom is 0.120 e. The lowest BCUT2D eigenvalue weighted by Crippen LogP contribution is -2.46. The van der Waals surface area contributed by atoms with Crippen molar-refractivity contribution < 1.29 is 9.47 Å². The van der Waals surface area contributed by atoms with Crippen LogP contribution in [0.25, 0.3) is 0 Å². The summed E-state index contributed by atoms with van der Waals surface area (Å²) in [7, 11) is 1.72. The first-order chi connectivity index (χ1) is 13.3. The number of anilines is 1. The van der Waals surface area contributed by atoms with E-state index in [4.69, 9.17) is 9.47 Å². The van der Waals surface area contributed by atoms with Crippen molar-refractivity contribution in [1.82, 2.24) is 4.90 Å². The van der Waals surface area contributed by atoms with Crippen molar-refractivity contribution in [1.29, 1.82) is 0 Å². The van der Waals surface area contributed by atoms with Gasteiger partial charge in [-0.05, 0) is 61.1 Å². The van der Waals surface area contributed by atoms with Crippen molar-refractivity contribution in [2.24, 2.45) is 0 Å². The first-order valence-electron chi connectivity index (χ1n) is 10.2. The molecule has 144 valence electrons. The van der Waals surface area contributed by atoms with Gasteiger partial charge in [0.1, 0.15) is 11.5 Å². The lowest BCUT2D eigenvalue weighted by Gasteiger charge is -2.36. The van der Waals surface area contributed by atoms with E-state index in [1.54, 1.807) is 7.11 Å². The largest absolute Gasteiger partial charge is 0.497 e. The molecule has 4 rings (SSSR count). The Morgan fingerprint density at radius 1 is 0.889 bits per heavy atom. The Kier molecular flexibility index (Phi) is 5.83. The zero-order valence-electron chi connectivity index (χ0n) is 16.3. The van der Waals surface area contributed by atoms with Crippen LogP contribution >= 0.6 is 0 Å². The number of piperazine rings is 1. The minimum Gasteiger partial charge on any atom is -0.497 e. The number of nitrogens with zero attached hydrogens (tertiary/aromatic N) is 2. The SMILES string of the molecule is COc1cccc(N2CCN(CCCOc3ccc4c(c3)CCC4)CC2)c1. The minimum absolute atomic E-state index is 0.800. The summed E-state index contributed by atoms with van der Waals surface area (Å²) in [5, 5.41) is 0. The average molecular weight is 367 g/mol. The molecule has 0 N–H and O–H groups in total. The second kappa shape index (κ2) is 8.66. The van der Waals surface area contributed by atoms with Crippen molar-refractivity contribution in [2.45, 2.75) is 25.7 Å². The molecule has 2 aliphatic rings. The van der Waals surface area contributed by atoms with Crippen molar-refractivity contribution >= 4 is 5.69 Å². The van der Waals surface area contributed by atoms with Crippen LogP contribution in [0.3, 0.4) is 0 Å². The average Bonchev–Trinajstić information content (AvgIpc) is 3.19. The van der Waals surface area contributed by atoms with Gasteiger partial charge in [0.25, 0.3) is 0 Å². The normalized spacial score (nSPS) is 17.0. The number of aryl methyl sites for hydroxylation is 2. The number of fused-ring (bicyclic) bond motifs is 1. The number of benzene rings is 2. The molecule has 4 heteroatoms. The fraction of sp³-hybridized carbons (Fsp3) is 0.478. The van der Waals surface area contributed by atoms with Crippen molar-refractivity contribution in [3.8, 4) is 11.5 Å². The summed E-state index contributed by atoms with van der Waals surface area (Å²) in [6.07, 6.45) is 4.82. The number of hydrogen-bond donors (Lipinski definition) is 0. The fourth-order valence-electron chi connectivity index (χ4n) is 4.15. The molecule has 0 aromatic heterocycles. The van der Waals surface area contributed by atoms with Gasteiger partial charge in [0.2, 0.25) is 0 Å². The molecule has 2 aromatic rings. The smallest absolute Gasteiger partial charge is 0.120 e. The maximum absolute atomic E-state index is 5.99. The van der Waals surface area contributed by atoms with E-state index >= 15 is 0 Å². The first-order valence-corrected chi connectivity index (χ1v) is 10.2. The van der Waals surface area contributed by atoms with Crippen LogP contribution in [0, 0.1) is 0 Å². The summed E-state index contributed by atoms with van der Waals surface area (Å²) in [6.45, 7) is 6.26. The van der Waals surface area contributed by atoms with Gasteiger partial charge >= 0.3 is 0 Å². The third-order valence-corrected chi connectivity index (χ3v) is 5.75. The predicted molar refractivity (Wildman–Crippen MR) is 110 cm³/mol. The van der Waals surface area contributed by atoms with E-state index in [-0.39, 0.29) is 0 Å². The third-order valence-electron chi connectivity index (χ3n) is 5.75. The third kappa shape index (κ3) is 4.56. The highest BCUT2D eigenvalue weighted by molar-refractivity contribution is 5.51. The van der Waals surface area contributed by atoms with Gasteiger partial charge < -0.3 is 14.4 Å². The highest BCUT2D eigenvalue weighted by atomic mass is 16.5. The van der Waals surface area contributed by atoms with Gasteiger partial charge in [0, 0.05) is 44.5 Å². The molecule has 2 aromatic carbocycles. The van der Waals surface area contributed by atoms with E-state index in [2.05, 4.69) is 46.2 Å². The second-order valence-corrected chi connectivity index (χ2v) is 7.52. The molecular weight excluding hydrogens is 336 g/mol. The number of rotatable bonds is 7. The molecular formula is C23H30N2O2. The number of methoxy groups -OCH3 is 1. The molecule has 0 bridgehead atoms.